The third-order valence-corrected chi connectivity index (χ3v) is 6.25. The monoisotopic (exact) mass is 363 g/mol. The second-order valence-corrected chi connectivity index (χ2v) is 7.83. The number of ketones is 1. The van der Waals surface area contributed by atoms with Crippen LogP contribution in [0.3, 0.4) is 0 Å². The number of nitrogens with zero attached hydrogens (tertiary/aromatic N) is 1. The van der Waals surface area contributed by atoms with Crippen LogP contribution in [0.15, 0.2) is 35.2 Å². The number of hydrogen-bond donors (Lipinski definition) is 0. The highest BCUT2D eigenvalue weighted by atomic mass is 32.2. The first-order valence-electron chi connectivity index (χ1n) is 7.76. The van der Waals surface area contributed by atoms with Crippen molar-refractivity contribution in [1.82, 2.24) is 0 Å². The van der Waals surface area contributed by atoms with Crippen molar-refractivity contribution in [3.8, 4) is 5.75 Å². The number of ether oxygens (including phenoxy) is 1. The first kappa shape index (κ1) is 17.4. The predicted octanol–water partition coefficient (Wildman–Crippen LogP) is 3.23. The van der Waals surface area contributed by atoms with Gasteiger partial charge in [0.15, 0.2) is 5.78 Å². The standard InChI is InChI=1S/C18H18FNO4S/c1-11-8-17(24-3)18(9-12(11)2)25(22,23)20-7-6-16(21)14-10-13(19)4-5-15(14)20/h4-5,8-10H,6-7H2,1-3H3. The molecule has 1 aliphatic heterocycles. The first-order valence-corrected chi connectivity index (χ1v) is 9.20. The third kappa shape index (κ3) is 2.89. The Morgan fingerprint density at radius 2 is 1.80 bits per heavy atom. The van der Waals surface area contributed by atoms with Gasteiger partial charge in [0.2, 0.25) is 0 Å². The van der Waals surface area contributed by atoms with E-state index in [1.54, 1.807) is 12.1 Å². The maximum absolute atomic E-state index is 13.5. The van der Waals surface area contributed by atoms with Gasteiger partial charge in [-0.05, 0) is 55.3 Å². The van der Waals surface area contributed by atoms with Gasteiger partial charge < -0.3 is 4.74 Å². The van der Waals surface area contributed by atoms with Gasteiger partial charge in [-0.15, -0.1) is 0 Å². The Morgan fingerprint density at radius 1 is 1.12 bits per heavy atom. The van der Waals surface area contributed by atoms with Crippen LogP contribution in [0.2, 0.25) is 0 Å². The lowest BCUT2D eigenvalue weighted by Crippen LogP contribution is -2.37. The predicted molar refractivity (Wildman–Crippen MR) is 92.3 cm³/mol. The van der Waals surface area contributed by atoms with Gasteiger partial charge in [-0.3, -0.25) is 9.10 Å². The maximum atomic E-state index is 13.5. The highest BCUT2D eigenvalue weighted by molar-refractivity contribution is 7.93. The van der Waals surface area contributed by atoms with Crippen LogP contribution in [-0.4, -0.2) is 27.9 Å². The molecule has 0 atom stereocenters. The molecule has 0 spiro atoms. The van der Waals surface area contributed by atoms with Crippen LogP contribution in [0.1, 0.15) is 27.9 Å². The van der Waals surface area contributed by atoms with Crippen LogP contribution in [0, 0.1) is 19.7 Å². The van der Waals surface area contributed by atoms with E-state index in [0.717, 1.165) is 27.6 Å². The molecule has 0 fully saturated rings. The number of rotatable bonds is 3. The van der Waals surface area contributed by atoms with Gasteiger partial charge in [0.05, 0.1) is 12.8 Å². The zero-order valence-corrected chi connectivity index (χ0v) is 15.0. The van der Waals surface area contributed by atoms with Gasteiger partial charge in [0.25, 0.3) is 10.0 Å². The molecule has 0 aromatic heterocycles. The minimum Gasteiger partial charge on any atom is -0.495 e. The highest BCUT2D eigenvalue weighted by Crippen LogP contribution is 2.36. The number of anilines is 1. The molecule has 5 nitrogen and oxygen atoms in total. The lowest BCUT2D eigenvalue weighted by Gasteiger charge is -2.30. The first-order chi connectivity index (χ1) is 11.8. The number of fused-ring (bicyclic) bond motifs is 1. The fourth-order valence-electron chi connectivity index (χ4n) is 2.90. The quantitative estimate of drug-likeness (QED) is 0.840. The summed E-state index contributed by atoms with van der Waals surface area (Å²) in [5.41, 5.74) is 1.99. The fourth-order valence-corrected chi connectivity index (χ4v) is 4.61. The number of halogens is 1. The molecule has 0 unspecified atom stereocenters. The largest absolute Gasteiger partial charge is 0.495 e. The Labute approximate surface area is 146 Å². The molecule has 2 aromatic rings. The third-order valence-electron chi connectivity index (χ3n) is 4.42. The summed E-state index contributed by atoms with van der Waals surface area (Å²) in [6.07, 6.45) is 0.00282. The Hall–Kier alpha value is -2.41. The molecule has 0 amide bonds. The summed E-state index contributed by atoms with van der Waals surface area (Å²) in [5.74, 6) is -0.605. The molecule has 132 valence electrons. The molecule has 0 radical (unpaired) electrons. The van der Waals surface area contributed by atoms with Gasteiger partial charge in [0, 0.05) is 18.5 Å². The van der Waals surface area contributed by atoms with Gasteiger partial charge in [-0.1, -0.05) is 0 Å². The van der Waals surface area contributed by atoms with Crippen molar-refractivity contribution >= 4 is 21.5 Å². The van der Waals surface area contributed by atoms with Crippen LogP contribution >= 0.6 is 0 Å². The van der Waals surface area contributed by atoms with Crippen molar-refractivity contribution in [3.05, 3.63) is 52.8 Å². The second kappa shape index (κ2) is 6.15. The van der Waals surface area contributed by atoms with Gasteiger partial charge in [-0.2, -0.15) is 0 Å². The Morgan fingerprint density at radius 3 is 2.48 bits per heavy atom. The van der Waals surface area contributed by atoms with E-state index in [9.17, 15) is 17.6 Å². The summed E-state index contributed by atoms with van der Waals surface area (Å²) in [7, 11) is -2.55. The molecule has 3 rings (SSSR count). The van der Waals surface area contributed by atoms with Crippen molar-refractivity contribution in [2.24, 2.45) is 0 Å². The van der Waals surface area contributed by atoms with Crippen molar-refractivity contribution in [2.45, 2.75) is 25.2 Å². The molecule has 1 aliphatic rings. The fraction of sp³-hybridized carbons (Fsp3) is 0.278. The van der Waals surface area contributed by atoms with Crippen molar-refractivity contribution in [1.29, 1.82) is 0 Å². The SMILES string of the molecule is COc1cc(C)c(C)cc1S(=O)(=O)N1CCC(=O)c2cc(F)ccc21. The van der Waals surface area contributed by atoms with Crippen LogP contribution in [0.5, 0.6) is 5.75 Å². The average molecular weight is 363 g/mol. The lowest BCUT2D eigenvalue weighted by molar-refractivity contribution is 0.0981. The summed E-state index contributed by atoms with van der Waals surface area (Å²) in [4.78, 5) is 12.1. The molecular formula is C18H18FNO4S. The molecule has 0 aliphatic carbocycles. The van der Waals surface area contributed by atoms with Gasteiger partial charge in [-0.25, -0.2) is 12.8 Å². The van der Waals surface area contributed by atoms with Gasteiger partial charge in [0.1, 0.15) is 16.5 Å². The van der Waals surface area contributed by atoms with E-state index >= 15 is 0 Å². The van der Waals surface area contributed by atoms with E-state index in [4.69, 9.17) is 4.74 Å². The van der Waals surface area contributed by atoms with E-state index in [1.807, 2.05) is 13.8 Å². The summed E-state index contributed by atoms with van der Waals surface area (Å²) in [6.45, 7) is 3.69. The lowest BCUT2D eigenvalue weighted by atomic mass is 10.0. The Balaban J connectivity index is 2.19. The van der Waals surface area contributed by atoms with Crippen LogP contribution in [0.4, 0.5) is 10.1 Å². The molecule has 0 N–H and O–H groups in total. The summed E-state index contributed by atoms with van der Waals surface area (Å²) >= 11 is 0. The number of sulfonamides is 1. The van der Waals surface area contributed by atoms with Crippen LogP contribution in [0.25, 0.3) is 0 Å². The van der Waals surface area contributed by atoms with E-state index in [1.165, 1.54) is 13.2 Å². The summed E-state index contributed by atoms with van der Waals surface area (Å²) < 4.78 is 46.3. The Bertz CT molecular complexity index is 969. The molecule has 25 heavy (non-hydrogen) atoms. The van der Waals surface area contributed by atoms with E-state index in [0.29, 0.717) is 0 Å². The number of aryl methyl sites for hydroxylation is 2. The highest BCUT2D eigenvalue weighted by Gasteiger charge is 2.34. The molecule has 1 heterocycles. The number of hydrogen-bond acceptors (Lipinski definition) is 4. The normalized spacial score (nSPS) is 14.4. The van der Waals surface area contributed by atoms with Crippen LogP contribution in [-0.2, 0) is 10.0 Å². The van der Waals surface area contributed by atoms with Crippen molar-refractivity contribution in [2.75, 3.05) is 18.0 Å². The molecule has 7 heteroatoms. The number of methoxy groups -OCH3 is 1. The van der Waals surface area contributed by atoms with E-state index < -0.39 is 15.8 Å². The Kier molecular flexibility index (Phi) is 4.28. The molecular weight excluding hydrogens is 345 g/mol. The minimum absolute atomic E-state index is 0.00282. The smallest absolute Gasteiger partial charge is 0.268 e. The second-order valence-electron chi connectivity index (χ2n) is 6.00. The van der Waals surface area contributed by atoms with Crippen molar-refractivity contribution < 1.29 is 22.3 Å². The molecule has 2 aromatic carbocycles. The number of Topliss-reactive ketones (excluding diaryl/α,β-unsaturated/α-hetero) is 1. The van der Waals surface area contributed by atoms with Crippen LogP contribution < -0.4 is 9.04 Å². The topological polar surface area (TPSA) is 63.7 Å². The van der Waals surface area contributed by atoms with Crippen molar-refractivity contribution in [3.63, 3.8) is 0 Å². The molecule has 0 saturated heterocycles. The van der Waals surface area contributed by atoms with E-state index in [2.05, 4.69) is 0 Å². The van der Waals surface area contributed by atoms with Gasteiger partial charge >= 0.3 is 0 Å². The maximum Gasteiger partial charge on any atom is 0.268 e. The van der Waals surface area contributed by atoms with E-state index in [-0.39, 0.29) is 40.6 Å². The minimum atomic E-state index is -3.96. The summed E-state index contributed by atoms with van der Waals surface area (Å²) in [5, 5.41) is 0. The number of carbonyl (C=O) groups excluding carboxylic acids is 1. The summed E-state index contributed by atoms with van der Waals surface area (Å²) in [6, 6.07) is 6.79. The number of benzene rings is 2. The molecule has 0 bridgehead atoms. The average Bonchev–Trinajstić information content (AvgIpc) is 2.57. The number of carbonyl (C=O) groups is 1. The zero-order valence-electron chi connectivity index (χ0n) is 14.2. The molecule has 0 saturated carbocycles. The zero-order chi connectivity index (χ0) is 18.4.